The summed E-state index contributed by atoms with van der Waals surface area (Å²) in [7, 11) is 0. The van der Waals surface area contributed by atoms with Crippen molar-refractivity contribution in [2.24, 2.45) is 11.8 Å². The normalized spacial score (nSPS) is 15.5. The van der Waals surface area contributed by atoms with E-state index in [0.29, 0.717) is 5.92 Å². The van der Waals surface area contributed by atoms with Crippen molar-refractivity contribution >= 4 is 0 Å². The molecule has 0 heterocycles. The van der Waals surface area contributed by atoms with Crippen molar-refractivity contribution in [2.45, 2.75) is 40.2 Å². The lowest BCUT2D eigenvalue weighted by Gasteiger charge is -2.15. The van der Waals surface area contributed by atoms with E-state index in [4.69, 9.17) is 0 Å². The molecule has 0 aromatic rings. The van der Waals surface area contributed by atoms with Crippen LogP contribution in [0.15, 0.2) is 0 Å². The third kappa shape index (κ3) is 4.86. The molecule has 1 heteroatoms. The van der Waals surface area contributed by atoms with Crippen LogP contribution in [0.1, 0.15) is 34.1 Å². The maximum atomic E-state index is 9.52. The molecule has 0 saturated heterocycles. The Balaban J connectivity index is 3.79. The van der Waals surface area contributed by atoms with Crippen LogP contribution in [0.25, 0.3) is 0 Å². The third-order valence-electron chi connectivity index (χ3n) is 1.66. The van der Waals surface area contributed by atoms with Gasteiger partial charge in [-0.15, -0.1) is 5.92 Å². The molecule has 0 aromatic carbocycles. The van der Waals surface area contributed by atoms with E-state index in [1.807, 2.05) is 6.92 Å². The molecule has 0 bridgehead atoms. The lowest BCUT2D eigenvalue weighted by molar-refractivity contribution is 0.118. The third-order valence-corrected chi connectivity index (χ3v) is 1.66. The van der Waals surface area contributed by atoms with E-state index in [2.05, 4.69) is 25.7 Å². The van der Waals surface area contributed by atoms with E-state index in [1.165, 1.54) is 0 Å². The second kappa shape index (κ2) is 5.21. The average Bonchev–Trinajstić information content (AvgIpc) is 1.86. The van der Waals surface area contributed by atoms with Gasteiger partial charge in [0, 0.05) is 5.92 Å². The summed E-state index contributed by atoms with van der Waals surface area (Å²) in [5.41, 5.74) is 0. The summed E-state index contributed by atoms with van der Waals surface area (Å²) in [5.74, 6) is 6.42. The molecular formula is C10H18O. The summed E-state index contributed by atoms with van der Waals surface area (Å²) >= 11 is 0. The van der Waals surface area contributed by atoms with Gasteiger partial charge in [0.1, 0.15) is 0 Å². The first-order valence-corrected chi connectivity index (χ1v) is 4.18. The highest BCUT2D eigenvalue weighted by molar-refractivity contribution is 5.01. The predicted molar refractivity (Wildman–Crippen MR) is 48.1 cm³/mol. The van der Waals surface area contributed by atoms with Gasteiger partial charge in [0.05, 0.1) is 6.10 Å². The second-order valence-electron chi connectivity index (χ2n) is 3.38. The van der Waals surface area contributed by atoms with Crippen molar-refractivity contribution < 1.29 is 5.11 Å². The van der Waals surface area contributed by atoms with Gasteiger partial charge in [0.2, 0.25) is 0 Å². The van der Waals surface area contributed by atoms with Crippen LogP contribution in [-0.4, -0.2) is 11.2 Å². The maximum Gasteiger partial charge on any atom is 0.0677 e. The van der Waals surface area contributed by atoms with Gasteiger partial charge in [-0.25, -0.2) is 0 Å². The standard InChI is InChI=1S/C10H18O/c1-5-6-9(4)10(11)7-8(2)3/h8-11H,7H2,1-4H3. The molecule has 0 aromatic heterocycles. The van der Waals surface area contributed by atoms with Crippen LogP contribution < -0.4 is 0 Å². The van der Waals surface area contributed by atoms with Gasteiger partial charge in [-0.2, -0.15) is 0 Å². The Hall–Kier alpha value is -0.480. The minimum Gasteiger partial charge on any atom is -0.392 e. The Morgan fingerprint density at radius 1 is 1.27 bits per heavy atom. The summed E-state index contributed by atoms with van der Waals surface area (Å²) in [6.07, 6.45) is 0.581. The molecule has 0 aliphatic rings. The van der Waals surface area contributed by atoms with E-state index in [0.717, 1.165) is 6.42 Å². The molecule has 0 saturated carbocycles. The smallest absolute Gasteiger partial charge is 0.0677 e. The van der Waals surface area contributed by atoms with E-state index >= 15 is 0 Å². The zero-order valence-corrected chi connectivity index (χ0v) is 7.89. The highest BCUT2D eigenvalue weighted by Gasteiger charge is 2.12. The van der Waals surface area contributed by atoms with Crippen molar-refractivity contribution in [1.29, 1.82) is 0 Å². The van der Waals surface area contributed by atoms with Crippen LogP contribution in [0.3, 0.4) is 0 Å². The van der Waals surface area contributed by atoms with E-state index in [-0.39, 0.29) is 12.0 Å². The molecular weight excluding hydrogens is 136 g/mol. The maximum absolute atomic E-state index is 9.52. The minimum atomic E-state index is -0.262. The van der Waals surface area contributed by atoms with Crippen molar-refractivity contribution in [3.8, 4) is 11.8 Å². The molecule has 0 fully saturated rings. The summed E-state index contributed by atoms with van der Waals surface area (Å²) in [5, 5.41) is 9.52. The van der Waals surface area contributed by atoms with Gasteiger partial charge in [-0.05, 0) is 26.2 Å². The van der Waals surface area contributed by atoms with Gasteiger partial charge < -0.3 is 5.11 Å². The van der Waals surface area contributed by atoms with E-state index in [9.17, 15) is 5.11 Å². The molecule has 0 amide bonds. The Bertz CT molecular complexity index is 150. The summed E-state index contributed by atoms with van der Waals surface area (Å²) in [6.45, 7) is 7.98. The summed E-state index contributed by atoms with van der Waals surface area (Å²) in [4.78, 5) is 0. The molecule has 0 aliphatic heterocycles. The summed E-state index contributed by atoms with van der Waals surface area (Å²) < 4.78 is 0. The minimum absolute atomic E-state index is 0.113. The van der Waals surface area contributed by atoms with Gasteiger partial charge in [-0.3, -0.25) is 0 Å². The first-order chi connectivity index (χ1) is 5.07. The highest BCUT2D eigenvalue weighted by atomic mass is 16.3. The SMILES string of the molecule is CC#CC(C)C(O)CC(C)C. The van der Waals surface area contributed by atoms with Gasteiger partial charge in [0.15, 0.2) is 0 Å². The monoisotopic (exact) mass is 154 g/mol. The number of aliphatic hydroxyl groups excluding tert-OH is 1. The van der Waals surface area contributed by atoms with Gasteiger partial charge >= 0.3 is 0 Å². The molecule has 2 atom stereocenters. The lowest BCUT2D eigenvalue weighted by Crippen LogP contribution is -2.18. The first kappa shape index (κ1) is 10.5. The number of rotatable bonds is 3. The first-order valence-electron chi connectivity index (χ1n) is 4.18. The molecule has 1 nitrogen and oxygen atoms in total. The molecule has 0 spiro atoms. The number of aliphatic hydroxyl groups is 1. The summed E-state index contributed by atoms with van der Waals surface area (Å²) in [6, 6.07) is 0. The lowest BCUT2D eigenvalue weighted by atomic mass is 9.96. The Morgan fingerprint density at radius 2 is 1.82 bits per heavy atom. The fourth-order valence-electron chi connectivity index (χ4n) is 1.01. The molecule has 64 valence electrons. The Morgan fingerprint density at radius 3 is 2.18 bits per heavy atom. The van der Waals surface area contributed by atoms with Gasteiger partial charge in [-0.1, -0.05) is 19.8 Å². The fraction of sp³-hybridized carbons (Fsp3) is 0.800. The molecule has 0 radical (unpaired) electrons. The molecule has 0 aliphatic carbocycles. The van der Waals surface area contributed by atoms with E-state index < -0.39 is 0 Å². The van der Waals surface area contributed by atoms with Crippen molar-refractivity contribution in [2.75, 3.05) is 0 Å². The van der Waals surface area contributed by atoms with Crippen LogP contribution in [0.5, 0.6) is 0 Å². The zero-order valence-electron chi connectivity index (χ0n) is 7.89. The Labute approximate surface area is 69.8 Å². The molecule has 2 unspecified atom stereocenters. The van der Waals surface area contributed by atoms with Crippen LogP contribution in [0.2, 0.25) is 0 Å². The van der Waals surface area contributed by atoms with E-state index in [1.54, 1.807) is 6.92 Å². The van der Waals surface area contributed by atoms with Crippen LogP contribution in [-0.2, 0) is 0 Å². The quantitative estimate of drug-likeness (QED) is 0.617. The topological polar surface area (TPSA) is 20.2 Å². The van der Waals surface area contributed by atoms with Crippen molar-refractivity contribution in [1.82, 2.24) is 0 Å². The predicted octanol–water partition coefficient (Wildman–Crippen LogP) is 2.05. The Kier molecular flexibility index (Phi) is 4.98. The van der Waals surface area contributed by atoms with Crippen LogP contribution in [0.4, 0.5) is 0 Å². The highest BCUT2D eigenvalue weighted by Crippen LogP contribution is 2.11. The van der Waals surface area contributed by atoms with Gasteiger partial charge in [0.25, 0.3) is 0 Å². The number of hydrogen-bond donors (Lipinski definition) is 1. The zero-order chi connectivity index (χ0) is 8.85. The van der Waals surface area contributed by atoms with Crippen molar-refractivity contribution in [3.05, 3.63) is 0 Å². The molecule has 1 N–H and O–H groups in total. The fourth-order valence-corrected chi connectivity index (χ4v) is 1.01. The largest absolute Gasteiger partial charge is 0.392 e. The molecule has 11 heavy (non-hydrogen) atoms. The second-order valence-corrected chi connectivity index (χ2v) is 3.38. The molecule has 0 rings (SSSR count). The number of hydrogen-bond acceptors (Lipinski definition) is 1. The average molecular weight is 154 g/mol. The van der Waals surface area contributed by atoms with Crippen LogP contribution in [0, 0.1) is 23.7 Å². The van der Waals surface area contributed by atoms with Crippen molar-refractivity contribution in [3.63, 3.8) is 0 Å². The van der Waals surface area contributed by atoms with Crippen LogP contribution >= 0.6 is 0 Å².